The molecular weight excluding hydrogens is 217 g/mol. The largest absolute Gasteiger partial charge is 0.486 e. The highest BCUT2D eigenvalue weighted by Crippen LogP contribution is 2.34. The quantitative estimate of drug-likeness (QED) is 0.524. The zero-order valence-corrected chi connectivity index (χ0v) is 9.22. The molecule has 0 aromatic heterocycles. The van der Waals surface area contributed by atoms with Crippen LogP contribution in [0.4, 0.5) is 0 Å². The Morgan fingerprint density at radius 1 is 1.40 bits per heavy atom. The molecule has 0 amide bonds. The molecule has 5 nitrogen and oxygen atoms in total. The van der Waals surface area contributed by atoms with Gasteiger partial charge in [0, 0.05) is 6.04 Å². The van der Waals surface area contributed by atoms with Gasteiger partial charge in [-0.3, -0.25) is 0 Å². The summed E-state index contributed by atoms with van der Waals surface area (Å²) in [6.45, 7) is 1.78. The third kappa shape index (κ3) is 5.67. The maximum atomic E-state index is 10.4. The number of phosphoric acid groups is 1. The lowest BCUT2D eigenvalue weighted by Crippen LogP contribution is -2.27. The highest BCUT2D eigenvalue weighted by atomic mass is 31.2. The first-order chi connectivity index (χ1) is 6.97. The molecule has 0 bridgehead atoms. The summed E-state index contributed by atoms with van der Waals surface area (Å²) in [5.74, 6) is 0. The van der Waals surface area contributed by atoms with E-state index in [-0.39, 0.29) is 6.04 Å². The van der Waals surface area contributed by atoms with Crippen LogP contribution in [0.2, 0.25) is 0 Å². The molecule has 0 saturated heterocycles. The molecule has 0 radical (unpaired) electrons. The van der Waals surface area contributed by atoms with Gasteiger partial charge in [0.1, 0.15) is 0 Å². The Morgan fingerprint density at radius 3 is 2.53 bits per heavy atom. The van der Waals surface area contributed by atoms with Crippen LogP contribution in [-0.4, -0.2) is 15.8 Å². The molecule has 1 aromatic rings. The molecule has 1 unspecified atom stereocenters. The van der Waals surface area contributed by atoms with Crippen molar-refractivity contribution in [1.29, 1.82) is 0 Å². The third-order valence-electron chi connectivity index (χ3n) is 1.76. The van der Waals surface area contributed by atoms with Gasteiger partial charge in [-0.05, 0) is 18.9 Å². The van der Waals surface area contributed by atoms with E-state index in [1.807, 2.05) is 30.3 Å². The van der Waals surface area contributed by atoms with Gasteiger partial charge in [-0.15, -0.1) is 0 Å². The van der Waals surface area contributed by atoms with Gasteiger partial charge in [-0.2, -0.15) is 10.1 Å². The highest BCUT2D eigenvalue weighted by Gasteiger charge is 2.15. The average Bonchev–Trinajstić information content (AvgIpc) is 2.15. The Balaban J connectivity index is 2.37. The molecule has 15 heavy (non-hydrogen) atoms. The molecule has 1 rings (SSSR count). The van der Waals surface area contributed by atoms with Gasteiger partial charge < -0.3 is 9.79 Å². The van der Waals surface area contributed by atoms with Crippen molar-refractivity contribution in [1.82, 2.24) is 5.48 Å². The SMILES string of the molecule is CC(Cc1ccccc1)NOP(=O)(O)O. The maximum Gasteiger partial charge on any atom is 0.486 e. The smallest absolute Gasteiger partial charge is 0.302 e. The number of hydroxylamine groups is 1. The van der Waals surface area contributed by atoms with E-state index in [0.717, 1.165) is 5.56 Å². The van der Waals surface area contributed by atoms with Crippen molar-refractivity contribution in [2.45, 2.75) is 19.4 Å². The van der Waals surface area contributed by atoms with Crippen molar-refractivity contribution in [3.8, 4) is 0 Å². The van der Waals surface area contributed by atoms with Gasteiger partial charge >= 0.3 is 7.82 Å². The lowest BCUT2D eigenvalue weighted by atomic mass is 10.1. The molecule has 1 atom stereocenters. The Hall–Kier alpha value is -0.710. The molecule has 0 aliphatic carbocycles. The Bertz CT molecular complexity index is 337. The van der Waals surface area contributed by atoms with Crippen molar-refractivity contribution in [3.05, 3.63) is 35.9 Å². The minimum absolute atomic E-state index is 0.167. The predicted molar refractivity (Wildman–Crippen MR) is 55.9 cm³/mol. The van der Waals surface area contributed by atoms with Gasteiger partial charge in [0.05, 0.1) is 0 Å². The Kier molecular flexibility index (Phi) is 4.45. The normalized spacial score (nSPS) is 13.8. The summed E-state index contributed by atoms with van der Waals surface area (Å²) in [6, 6.07) is 9.44. The lowest BCUT2D eigenvalue weighted by molar-refractivity contribution is 0.103. The minimum atomic E-state index is -4.44. The van der Waals surface area contributed by atoms with Gasteiger partial charge in [-0.25, -0.2) is 4.57 Å². The number of hydrogen-bond donors (Lipinski definition) is 3. The van der Waals surface area contributed by atoms with Crippen LogP contribution in [0, 0.1) is 0 Å². The van der Waals surface area contributed by atoms with Crippen molar-refractivity contribution in [3.63, 3.8) is 0 Å². The van der Waals surface area contributed by atoms with E-state index < -0.39 is 7.82 Å². The zero-order chi connectivity index (χ0) is 11.3. The van der Waals surface area contributed by atoms with E-state index in [0.29, 0.717) is 6.42 Å². The van der Waals surface area contributed by atoms with Crippen LogP contribution in [0.5, 0.6) is 0 Å². The molecule has 0 fully saturated rings. The zero-order valence-electron chi connectivity index (χ0n) is 8.33. The second kappa shape index (κ2) is 5.39. The molecule has 0 heterocycles. The summed E-state index contributed by atoms with van der Waals surface area (Å²) in [6.07, 6.45) is 0.640. The van der Waals surface area contributed by atoms with Crippen molar-refractivity contribution < 1.29 is 19.0 Å². The number of benzene rings is 1. The summed E-state index contributed by atoms with van der Waals surface area (Å²) in [7, 11) is -4.44. The summed E-state index contributed by atoms with van der Waals surface area (Å²) >= 11 is 0. The second-order valence-corrected chi connectivity index (χ2v) is 4.45. The van der Waals surface area contributed by atoms with Gasteiger partial charge in [-0.1, -0.05) is 30.3 Å². The van der Waals surface area contributed by atoms with Gasteiger partial charge in [0.25, 0.3) is 0 Å². The van der Waals surface area contributed by atoms with Crippen molar-refractivity contribution in [2.24, 2.45) is 0 Å². The van der Waals surface area contributed by atoms with Gasteiger partial charge in [0.15, 0.2) is 0 Å². The Morgan fingerprint density at radius 2 is 2.00 bits per heavy atom. The van der Waals surface area contributed by atoms with Crippen molar-refractivity contribution >= 4 is 7.82 Å². The fourth-order valence-electron chi connectivity index (χ4n) is 1.17. The van der Waals surface area contributed by atoms with Crippen LogP contribution in [-0.2, 0) is 15.6 Å². The van der Waals surface area contributed by atoms with Crippen molar-refractivity contribution in [2.75, 3.05) is 0 Å². The van der Waals surface area contributed by atoms with E-state index in [2.05, 4.69) is 10.1 Å². The number of rotatable bonds is 5. The molecule has 0 saturated carbocycles. The first-order valence-electron chi connectivity index (χ1n) is 4.51. The van der Waals surface area contributed by atoms with Crippen LogP contribution in [0.15, 0.2) is 30.3 Å². The molecule has 3 N–H and O–H groups in total. The second-order valence-electron chi connectivity index (χ2n) is 3.29. The van der Waals surface area contributed by atoms with Gasteiger partial charge in [0.2, 0.25) is 0 Å². The highest BCUT2D eigenvalue weighted by molar-refractivity contribution is 7.46. The fourth-order valence-corrected chi connectivity index (χ4v) is 1.49. The first-order valence-corrected chi connectivity index (χ1v) is 6.04. The molecule has 0 aliphatic rings. The monoisotopic (exact) mass is 231 g/mol. The van der Waals surface area contributed by atoms with E-state index in [1.165, 1.54) is 0 Å². The van der Waals surface area contributed by atoms with E-state index in [1.54, 1.807) is 6.92 Å². The van der Waals surface area contributed by atoms with Crippen LogP contribution < -0.4 is 5.48 Å². The fraction of sp³-hybridized carbons (Fsp3) is 0.333. The topological polar surface area (TPSA) is 78.8 Å². The third-order valence-corrected chi connectivity index (χ3v) is 2.10. The standard InChI is InChI=1S/C9H14NO4P/c1-8(10-14-15(11,12)13)7-9-5-3-2-4-6-9/h2-6,8,10H,7H2,1H3,(H2,11,12,13). The summed E-state index contributed by atoms with van der Waals surface area (Å²) in [4.78, 5) is 16.9. The summed E-state index contributed by atoms with van der Waals surface area (Å²) in [5, 5.41) is 0. The summed E-state index contributed by atoms with van der Waals surface area (Å²) < 4.78 is 14.6. The molecule has 0 spiro atoms. The average molecular weight is 231 g/mol. The first kappa shape index (κ1) is 12.4. The molecule has 6 heteroatoms. The molecular formula is C9H14NO4P. The number of nitrogens with one attached hydrogen (secondary N) is 1. The molecule has 0 aliphatic heterocycles. The lowest BCUT2D eigenvalue weighted by Gasteiger charge is -2.13. The van der Waals surface area contributed by atoms with Crippen LogP contribution >= 0.6 is 7.82 Å². The molecule has 1 aromatic carbocycles. The predicted octanol–water partition coefficient (Wildman–Crippen LogP) is 1.23. The van der Waals surface area contributed by atoms with E-state index >= 15 is 0 Å². The summed E-state index contributed by atoms with van der Waals surface area (Å²) in [5.41, 5.74) is 3.38. The van der Waals surface area contributed by atoms with Crippen LogP contribution in [0.1, 0.15) is 12.5 Å². The Labute approximate surface area is 88.3 Å². The van der Waals surface area contributed by atoms with Crippen LogP contribution in [0.3, 0.4) is 0 Å². The minimum Gasteiger partial charge on any atom is -0.302 e. The van der Waals surface area contributed by atoms with E-state index in [4.69, 9.17) is 9.79 Å². The van der Waals surface area contributed by atoms with Crippen LogP contribution in [0.25, 0.3) is 0 Å². The molecule has 84 valence electrons. The maximum absolute atomic E-state index is 10.4. The van der Waals surface area contributed by atoms with E-state index in [9.17, 15) is 4.57 Å². The number of hydrogen-bond acceptors (Lipinski definition) is 3.